The van der Waals surface area contributed by atoms with Gasteiger partial charge in [0.1, 0.15) is 9.68 Å². The highest BCUT2D eigenvalue weighted by Gasteiger charge is 1.92. The first-order chi connectivity index (χ1) is 5.35. The lowest BCUT2D eigenvalue weighted by Crippen LogP contribution is -2.10. The summed E-state index contributed by atoms with van der Waals surface area (Å²) in [6, 6.07) is 0. The van der Waals surface area contributed by atoms with Crippen LogP contribution < -0.4 is 4.98 Å². The van der Waals surface area contributed by atoms with Crippen LogP contribution in [0.1, 0.15) is 39.5 Å². The van der Waals surface area contributed by atoms with Crippen LogP contribution in [0.15, 0.2) is 11.3 Å². The molecule has 2 heteroatoms. The average Bonchev–Trinajstić information content (AvgIpc) is 2.01. The molecule has 0 atom stereocenters. The van der Waals surface area contributed by atoms with Gasteiger partial charge in [0.05, 0.1) is 0 Å². The molecule has 1 N–H and O–H groups in total. The van der Waals surface area contributed by atoms with Gasteiger partial charge in [0.2, 0.25) is 0 Å². The van der Waals surface area contributed by atoms with Crippen molar-refractivity contribution in [1.82, 2.24) is 4.98 Å². The van der Waals surface area contributed by atoms with E-state index in [2.05, 4.69) is 31.6 Å². The summed E-state index contributed by atoms with van der Waals surface area (Å²) in [6.45, 7) is 4.51. The second kappa shape index (κ2) is 8.02. The predicted octanol–water partition coefficient (Wildman–Crippen LogP) is 1.77. The maximum absolute atomic E-state index is 3.28. The van der Waals surface area contributed by atoms with Crippen molar-refractivity contribution in [2.24, 2.45) is 0 Å². The lowest BCUT2D eigenvalue weighted by Gasteiger charge is -2.03. The molecule has 0 spiro atoms. The minimum atomic E-state index is -0.0784. The van der Waals surface area contributed by atoms with Crippen LogP contribution in [0.2, 0.25) is 0 Å². The number of hydrogen-bond acceptors (Lipinski definition) is 1. The molecular formula is C9H21NSi. The van der Waals surface area contributed by atoms with E-state index >= 15 is 0 Å². The molecule has 0 saturated carbocycles. The molecule has 0 amide bonds. The third-order valence-electron chi connectivity index (χ3n) is 1.74. The Morgan fingerprint density at radius 2 is 1.82 bits per heavy atom. The molecule has 0 unspecified atom stereocenters. The second-order valence-electron chi connectivity index (χ2n) is 2.92. The van der Waals surface area contributed by atoms with Gasteiger partial charge in [-0.15, -0.1) is 0 Å². The quantitative estimate of drug-likeness (QED) is 0.601. The maximum atomic E-state index is 3.28. The number of hydrogen-bond donors (Lipinski definition) is 1. The van der Waals surface area contributed by atoms with Gasteiger partial charge in [0.25, 0.3) is 0 Å². The van der Waals surface area contributed by atoms with Gasteiger partial charge >= 0.3 is 0 Å². The largest absolute Gasteiger partial charge is 0.342 e. The monoisotopic (exact) mass is 171 g/mol. The lowest BCUT2D eigenvalue weighted by atomic mass is 10.1. The highest BCUT2D eigenvalue weighted by Crippen LogP contribution is 2.10. The van der Waals surface area contributed by atoms with Crippen molar-refractivity contribution in [3.05, 3.63) is 11.3 Å². The zero-order chi connectivity index (χ0) is 8.53. The normalized spacial score (nSPS) is 10.8. The Balaban J connectivity index is 3.66. The van der Waals surface area contributed by atoms with Crippen molar-refractivity contribution in [2.75, 3.05) is 7.05 Å². The topological polar surface area (TPSA) is 12.0 Å². The van der Waals surface area contributed by atoms with E-state index in [-0.39, 0.29) is 9.68 Å². The lowest BCUT2D eigenvalue weighted by molar-refractivity contribution is 0.805. The summed E-state index contributed by atoms with van der Waals surface area (Å²) in [7, 11) is 1.98. The third-order valence-corrected chi connectivity index (χ3v) is 2.93. The van der Waals surface area contributed by atoms with Crippen molar-refractivity contribution in [2.45, 2.75) is 39.5 Å². The fraction of sp³-hybridized carbons (Fsp3) is 0.778. The molecule has 0 aromatic heterocycles. The fourth-order valence-corrected chi connectivity index (χ4v) is 2.12. The van der Waals surface area contributed by atoms with Crippen LogP contribution in [-0.2, 0) is 0 Å². The zero-order valence-corrected chi connectivity index (χ0v) is 9.53. The van der Waals surface area contributed by atoms with E-state index < -0.39 is 0 Å². The van der Waals surface area contributed by atoms with Crippen LogP contribution in [0.4, 0.5) is 0 Å². The highest BCUT2D eigenvalue weighted by molar-refractivity contribution is 6.39. The van der Waals surface area contributed by atoms with Crippen LogP contribution in [0, 0.1) is 0 Å². The van der Waals surface area contributed by atoms with Gasteiger partial charge in [-0.3, -0.25) is 0 Å². The van der Waals surface area contributed by atoms with Crippen LogP contribution in [-0.4, -0.2) is 16.7 Å². The van der Waals surface area contributed by atoms with E-state index in [1.807, 2.05) is 0 Å². The molecule has 1 nitrogen and oxygen atoms in total. The summed E-state index contributed by atoms with van der Waals surface area (Å²) in [5, 5.41) is 0. The van der Waals surface area contributed by atoms with Gasteiger partial charge in [-0.1, -0.05) is 38.0 Å². The van der Waals surface area contributed by atoms with Crippen molar-refractivity contribution in [1.29, 1.82) is 0 Å². The van der Waals surface area contributed by atoms with Crippen molar-refractivity contribution in [3.63, 3.8) is 0 Å². The molecule has 0 aliphatic rings. The first-order valence-electron chi connectivity index (χ1n) is 4.67. The second-order valence-corrected chi connectivity index (χ2v) is 4.44. The number of allylic oxidation sites excluding steroid dienone is 1. The Labute approximate surface area is 73.2 Å². The molecule has 0 fully saturated rings. The molecule has 66 valence electrons. The first kappa shape index (κ1) is 10.9. The first-order valence-corrected chi connectivity index (χ1v) is 6.20. The molecule has 0 heterocycles. The van der Waals surface area contributed by atoms with Crippen LogP contribution in [0.5, 0.6) is 0 Å². The van der Waals surface area contributed by atoms with E-state index in [1.54, 1.807) is 5.57 Å². The SMILES string of the molecule is CCCC(=C[SiH2]NC)CCC. The van der Waals surface area contributed by atoms with Crippen molar-refractivity contribution >= 4 is 9.68 Å². The summed E-state index contributed by atoms with van der Waals surface area (Å²) in [6.07, 6.45) is 5.21. The fourth-order valence-electron chi connectivity index (χ4n) is 1.22. The van der Waals surface area contributed by atoms with Crippen LogP contribution in [0.25, 0.3) is 0 Å². The summed E-state index contributed by atoms with van der Waals surface area (Å²) in [5.74, 6) is 0. The molecule has 0 aliphatic heterocycles. The molecule has 0 bridgehead atoms. The molecule has 0 radical (unpaired) electrons. The molecule has 0 aromatic carbocycles. The number of nitrogens with one attached hydrogen (secondary N) is 1. The van der Waals surface area contributed by atoms with Gasteiger partial charge in [0, 0.05) is 0 Å². The Morgan fingerprint density at radius 1 is 1.27 bits per heavy atom. The Hall–Kier alpha value is -0.0831. The minimum absolute atomic E-state index is 0.0784. The molecule has 0 rings (SSSR count). The maximum Gasteiger partial charge on any atom is 0.116 e. The van der Waals surface area contributed by atoms with Crippen molar-refractivity contribution in [3.8, 4) is 0 Å². The van der Waals surface area contributed by atoms with Crippen LogP contribution >= 0.6 is 0 Å². The van der Waals surface area contributed by atoms with Gasteiger partial charge in [-0.05, 0) is 19.9 Å². The summed E-state index contributed by atoms with van der Waals surface area (Å²) >= 11 is 0. The Kier molecular flexibility index (Phi) is 7.96. The Morgan fingerprint density at radius 3 is 2.18 bits per heavy atom. The molecule has 11 heavy (non-hydrogen) atoms. The van der Waals surface area contributed by atoms with E-state index in [1.165, 1.54) is 25.7 Å². The Bertz CT molecular complexity index is 102. The number of rotatable bonds is 6. The predicted molar refractivity (Wildman–Crippen MR) is 55.5 cm³/mol. The van der Waals surface area contributed by atoms with Crippen LogP contribution in [0.3, 0.4) is 0 Å². The summed E-state index contributed by atoms with van der Waals surface area (Å²) in [5.41, 5.74) is 4.14. The molecular weight excluding hydrogens is 150 g/mol. The summed E-state index contributed by atoms with van der Waals surface area (Å²) < 4.78 is 0. The van der Waals surface area contributed by atoms with E-state index in [0.29, 0.717) is 0 Å². The minimum Gasteiger partial charge on any atom is -0.342 e. The molecule has 0 saturated heterocycles. The molecule has 0 aromatic rings. The molecule has 0 aliphatic carbocycles. The van der Waals surface area contributed by atoms with E-state index in [0.717, 1.165) is 0 Å². The van der Waals surface area contributed by atoms with Crippen molar-refractivity contribution < 1.29 is 0 Å². The standard InChI is InChI=1S/C9H21NSi/c1-4-6-9(7-5-2)8-11-10-3/h8,10H,4-7,11H2,1-3H3. The zero-order valence-electron chi connectivity index (χ0n) is 8.11. The van der Waals surface area contributed by atoms with Gasteiger partial charge in [-0.2, -0.15) is 0 Å². The van der Waals surface area contributed by atoms with Gasteiger partial charge in [0.15, 0.2) is 0 Å². The third kappa shape index (κ3) is 6.32. The summed E-state index contributed by atoms with van der Waals surface area (Å²) in [4.78, 5) is 3.28. The van der Waals surface area contributed by atoms with Gasteiger partial charge in [-0.25, -0.2) is 0 Å². The van der Waals surface area contributed by atoms with Gasteiger partial charge < -0.3 is 4.98 Å². The smallest absolute Gasteiger partial charge is 0.116 e. The van der Waals surface area contributed by atoms with E-state index in [4.69, 9.17) is 0 Å². The average molecular weight is 171 g/mol. The highest BCUT2D eigenvalue weighted by atomic mass is 28.2. The van der Waals surface area contributed by atoms with E-state index in [9.17, 15) is 0 Å².